The largest absolute Gasteiger partial charge is 0.302 e. The number of thiazole rings is 1. The zero-order valence-corrected chi connectivity index (χ0v) is 17.0. The molecule has 6 nitrogen and oxygen atoms in total. The molecule has 2 aliphatic rings. The number of piperidine rings is 1. The molecule has 0 spiro atoms. The third kappa shape index (κ3) is 3.45. The van der Waals surface area contributed by atoms with Gasteiger partial charge in [0.15, 0.2) is 5.13 Å². The molecule has 1 amide bonds. The normalized spacial score (nSPS) is 20.9. The van der Waals surface area contributed by atoms with Gasteiger partial charge in [0.2, 0.25) is 5.91 Å². The number of carbonyl (C=O) groups is 1. The summed E-state index contributed by atoms with van der Waals surface area (Å²) in [6.07, 6.45) is 4.55. The second-order valence-corrected chi connectivity index (χ2v) is 11.3. The number of nitrogens with zero attached hydrogens (tertiary/aromatic N) is 2. The standard InChI is InChI=1S/C17H21N3O3S3/c1-11-7-8-15(24-11)26(22,23)20-9-3-4-12(10-20)16(21)19-17-18-13-5-2-6-14(13)25-17/h7-8,12H,2-6,9-10H2,1H3,(H,18,19,21)/t12-/m0/s1. The second-order valence-electron chi connectivity index (χ2n) is 6.80. The highest BCUT2D eigenvalue weighted by Gasteiger charge is 2.34. The van der Waals surface area contributed by atoms with E-state index >= 15 is 0 Å². The van der Waals surface area contributed by atoms with Gasteiger partial charge >= 0.3 is 0 Å². The van der Waals surface area contributed by atoms with Gasteiger partial charge in [0.1, 0.15) is 4.21 Å². The summed E-state index contributed by atoms with van der Waals surface area (Å²) in [4.78, 5) is 19.4. The molecule has 26 heavy (non-hydrogen) atoms. The molecule has 2 aromatic heterocycles. The Morgan fingerprint density at radius 3 is 2.85 bits per heavy atom. The van der Waals surface area contributed by atoms with Crippen molar-refractivity contribution in [2.45, 2.75) is 43.2 Å². The number of sulfonamides is 1. The third-order valence-corrected chi connectivity index (χ3v) is 9.30. The van der Waals surface area contributed by atoms with Crippen LogP contribution in [0.5, 0.6) is 0 Å². The van der Waals surface area contributed by atoms with Gasteiger partial charge in [0.25, 0.3) is 10.0 Å². The fourth-order valence-corrected chi connectivity index (χ4v) is 7.52. The van der Waals surface area contributed by atoms with Crippen LogP contribution in [-0.4, -0.2) is 36.7 Å². The number of fused-ring (bicyclic) bond motifs is 1. The quantitative estimate of drug-likeness (QED) is 0.839. The summed E-state index contributed by atoms with van der Waals surface area (Å²) in [6.45, 7) is 2.59. The maximum atomic E-state index is 12.8. The van der Waals surface area contributed by atoms with E-state index in [2.05, 4.69) is 10.3 Å². The molecule has 4 rings (SSSR count). The number of thiophene rings is 1. The summed E-state index contributed by atoms with van der Waals surface area (Å²) in [5.41, 5.74) is 1.10. The Morgan fingerprint density at radius 2 is 2.12 bits per heavy atom. The molecule has 140 valence electrons. The molecule has 1 N–H and O–H groups in total. The molecular formula is C17H21N3O3S3. The maximum Gasteiger partial charge on any atom is 0.252 e. The van der Waals surface area contributed by atoms with Gasteiger partial charge in [-0.2, -0.15) is 4.31 Å². The van der Waals surface area contributed by atoms with Crippen LogP contribution in [-0.2, 0) is 27.7 Å². The van der Waals surface area contributed by atoms with Crippen LogP contribution in [0.1, 0.15) is 34.7 Å². The Morgan fingerprint density at radius 1 is 1.27 bits per heavy atom. The van der Waals surface area contributed by atoms with Crippen LogP contribution in [0.15, 0.2) is 16.3 Å². The first-order valence-corrected chi connectivity index (χ1v) is 11.9. The minimum absolute atomic E-state index is 0.125. The van der Waals surface area contributed by atoms with Crippen LogP contribution in [0.2, 0.25) is 0 Å². The molecule has 3 heterocycles. The number of anilines is 1. The van der Waals surface area contributed by atoms with E-state index < -0.39 is 10.0 Å². The number of nitrogens with one attached hydrogen (secondary N) is 1. The van der Waals surface area contributed by atoms with Crippen molar-refractivity contribution in [2.24, 2.45) is 5.92 Å². The Bertz CT molecular complexity index is 911. The van der Waals surface area contributed by atoms with E-state index in [0.29, 0.717) is 28.7 Å². The van der Waals surface area contributed by atoms with Crippen LogP contribution in [0, 0.1) is 12.8 Å². The lowest BCUT2D eigenvalue weighted by Crippen LogP contribution is -2.43. The lowest BCUT2D eigenvalue weighted by Gasteiger charge is -2.30. The van der Waals surface area contributed by atoms with Crippen LogP contribution in [0.25, 0.3) is 0 Å². The molecule has 0 bridgehead atoms. The van der Waals surface area contributed by atoms with Crippen LogP contribution < -0.4 is 5.32 Å². The van der Waals surface area contributed by atoms with Gasteiger partial charge in [0.05, 0.1) is 11.6 Å². The highest BCUT2D eigenvalue weighted by atomic mass is 32.2. The fraction of sp³-hybridized carbons (Fsp3) is 0.529. The number of aryl methyl sites for hydroxylation is 3. The van der Waals surface area contributed by atoms with Gasteiger partial charge < -0.3 is 5.32 Å². The SMILES string of the molecule is Cc1ccc(S(=O)(=O)N2CCC[C@H](C(=O)Nc3nc4c(s3)CCC4)C2)s1. The zero-order chi connectivity index (χ0) is 18.3. The molecule has 0 radical (unpaired) electrons. The van der Waals surface area contributed by atoms with Crippen LogP contribution in [0.4, 0.5) is 5.13 Å². The molecule has 0 saturated carbocycles. The van der Waals surface area contributed by atoms with Crippen molar-refractivity contribution in [1.82, 2.24) is 9.29 Å². The molecule has 1 saturated heterocycles. The van der Waals surface area contributed by atoms with Crippen molar-refractivity contribution in [2.75, 3.05) is 18.4 Å². The first-order valence-electron chi connectivity index (χ1n) is 8.79. The van der Waals surface area contributed by atoms with E-state index in [1.54, 1.807) is 17.4 Å². The molecule has 0 aromatic carbocycles. The summed E-state index contributed by atoms with van der Waals surface area (Å²) in [6, 6.07) is 3.46. The van der Waals surface area contributed by atoms with Gasteiger partial charge in [-0.1, -0.05) is 0 Å². The Labute approximate surface area is 161 Å². The average molecular weight is 412 g/mol. The van der Waals surface area contributed by atoms with Gasteiger partial charge in [-0.3, -0.25) is 4.79 Å². The van der Waals surface area contributed by atoms with Crippen molar-refractivity contribution in [3.63, 3.8) is 0 Å². The molecular weight excluding hydrogens is 390 g/mol. The first kappa shape index (κ1) is 18.1. The molecule has 1 fully saturated rings. The smallest absolute Gasteiger partial charge is 0.252 e. The maximum absolute atomic E-state index is 12.8. The Hall–Kier alpha value is -1.29. The number of aromatic nitrogens is 1. The molecule has 9 heteroatoms. The minimum atomic E-state index is -3.52. The highest BCUT2D eigenvalue weighted by Crippen LogP contribution is 2.32. The topological polar surface area (TPSA) is 79.4 Å². The molecule has 0 unspecified atom stereocenters. The van der Waals surface area contributed by atoms with Gasteiger partial charge in [-0.15, -0.1) is 22.7 Å². The zero-order valence-electron chi connectivity index (χ0n) is 14.5. The van der Waals surface area contributed by atoms with Crippen molar-refractivity contribution in [3.05, 3.63) is 27.6 Å². The number of hydrogen-bond donors (Lipinski definition) is 1. The first-order chi connectivity index (χ1) is 12.4. The monoisotopic (exact) mass is 411 g/mol. The van der Waals surface area contributed by atoms with E-state index in [0.717, 1.165) is 29.8 Å². The third-order valence-electron chi connectivity index (χ3n) is 4.89. The minimum Gasteiger partial charge on any atom is -0.302 e. The van der Waals surface area contributed by atoms with Crippen molar-refractivity contribution in [1.29, 1.82) is 0 Å². The lowest BCUT2D eigenvalue weighted by molar-refractivity contribution is -0.120. The van der Waals surface area contributed by atoms with E-state index in [9.17, 15) is 13.2 Å². The second kappa shape index (κ2) is 7.03. The van der Waals surface area contributed by atoms with E-state index in [4.69, 9.17) is 0 Å². The summed E-state index contributed by atoms with van der Waals surface area (Å²) in [5.74, 6) is -0.460. The fourth-order valence-electron chi connectivity index (χ4n) is 3.50. The van der Waals surface area contributed by atoms with Crippen LogP contribution in [0.3, 0.4) is 0 Å². The summed E-state index contributed by atoms with van der Waals surface area (Å²) < 4.78 is 27.4. The predicted octanol–water partition coefficient (Wildman–Crippen LogP) is 3.04. The summed E-state index contributed by atoms with van der Waals surface area (Å²) in [7, 11) is -3.52. The van der Waals surface area contributed by atoms with Crippen LogP contribution >= 0.6 is 22.7 Å². The Balaban J connectivity index is 1.45. The van der Waals surface area contributed by atoms with E-state index in [1.165, 1.54) is 20.5 Å². The van der Waals surface area contributed by atoms with E-state index in [-0.39, 0.29) is 18.4 Å². The molecule has 2 aromatic rings. The van der Waals surface area contributed by atoms with Crippen molar-refractivity contribution >= 4 is 43.7 Å². The number of carbonyl (C=O) groups excluding carboxylic acids is 1. The van der Waals surface area contributed by atoms with Crippen molar-refractivity contribution in [3.8, 4) is 0 Å². The summed E-state index contributed by atoms with van der Waals surface area (Å²) in [5, 5.41) is 3.55. The molecule has 1 atom stereocenters. The molecule has 1 aliphatic carbocycles. The highest BCUT2D eigenvalue weighted by molar-refractivity contribution is 7.91. The predicted molar refractivity (Wildman–Crippen MR) is 103 cm³/mol. The number of amides is 1. The van der Waals surface area contributed by atoms with Gasteiger partial charge in [0, 0.05) is 22.8 Å². The average Bonchev–Trinajstić information content (AvgIpc) is 3.31. The lowest BCUT2D eigenvalue weighted by atomic mass is 9.99. The van der Waals surface area contributed by atoms with Crippen molar-refractivity contribution < 1.29 is 13.2 Å². The number of hydrogen-bond acceptors (Lipinski definition) is 6. The summed E-state index contributed by atoms with van der Waals surface area (Å²) >= 11 is 2.82. The van der Waals surface area contributed by atoms with Gasteiger partial charge in [-0.05, 0) is 51.2 Å². The Kier molecular flexibility index (Phi) is 4.89. The van der Waals surface area contributed by atoms with Gasteiger partial charge in [-0.25, -0.2) is 13.4 Å². The molecule has 1 aliphatic heterocycles. The number of rotatable bonds is 4. The van der Waals surface area contributed by atoms with E-state index in [1.807, 2.05) is 13.0 Å².